The highest BCUT2D eigenvalue weighted by atomic mass is 16.5. The van der Waals surface area contributed by atoms with Crippen molar-refractivity contribution in [2.75, 3.05) is 34.4 Å². The predicted octanol–water partition coefficient (Wildman–Crippen LogP) is 2.33. The minimum Gasteiger partial charge on any atom is -0.497 e. The summed E-state index contributed by atoms with van der Waals surface area (Å²) in [4.78, 5) is 4.21. The summed E-state index contributed by atoms with van der Waals surface area (Å²) in [5, 5.41) is 6.51. The Labute approximate surface area is 144 Å². The summed E-state index contributed by atoms with van der Waals surface area (Å²) in [6, 6.07) is 5.97. The largest absolute Gasteiger partial charge is 0.497 e. The molecule has 1 aliphatic carbocycles. The highest BCUT2D eigenvalue weighted by Gasteiger charge is 2.18. The van der Waals surface area contributed by atoms with E-state index < -0.39 is 0 Å². The number of hydrogen-bond acceptors (Lipinski definition) is 4. The average Bonchev–Trinajstić information content (AvgIpc) is 3.11. The normalized spacial score (nSPS) is 15.4. The number of benzene rings is 1. The van der Waals surface area contributed by atoms with Gasteiger partial charge in [0.25, 0.3) is 0 Å². The van der Waals surface area contributed by atoms with Crippen LogP contribution in [0.4, 0.5) is 0 Å². The lowest BCUT2D eigenvalue weighted by molar-refractivity contribution is 0.203. The average molecular weight is 335 g/mol. The molecule has 0 spiro atoms. The van der Waals surface area contributed by atoms with Gasteiger partial charge in [0.2, 0.25) is 0 Å². The van der Waals surface area contributed by atoms with Crippen LogP contribution in [0.5, 0.6) is 11.5 Å². The van der Waals surface area contributed by atoms with Gasteiger partial charge in [0.1, 0.15) is 11.5 Å². The smallest absolute Gasteiger partial charge is 0.191 e. The summed E-state index contributed by atoms with van der Waals surface area (Å²) in [7, 11) is 5.11. The van der Waals surface area contributed by atoms with Gasteiger partial charge < -0.3 is 24.8 Å². The van der Waals surface area contributed by atoms with Crippen LogP contribution in [-0.4, -0.2) is 46.5 Å². The van der Waals surface area contributed by atoms with Crippen molar-refractivity contribution < 1.29 is 14.2 Å². The Balaban J connectivity index is 1.99. The van der Waals surface area contributed by atoms with Crippen molar-refractivity contribution in [2.45, 2.75) is 38.3 Å². The lowest BCUT2D eigenvalue weighted by Gasteiger charge is -2.18. The maximum absolute atomic E-state index is 6.21. The Bertz CT molecular complexity index is 528. The van der Waals surface area contributed by atoms with Crippen LogP contribution in [0, 0.1) is 0 Å². The third kappa shape index (κ3) is 5.60. The van der Waals surface area contributed by atoms with Crippen LogP contribution in [0.25, 0.3) is 0 Å². The Morgan fingerprint density at radius 3 is 2.67 bits per heavy atom. The van der Waals surface area contributed by atoms with Gasteiger partial charge in [0, 0.05) is 38.9 Å². The molecule has 0 heterocycles. The molecule has 1 saturated carbocycles. The highest BCUT2D eigenvalue weighted by molar-refractivity contribution is 5.79. The van der Waals surface area contributed by atoms with Crippen LogP contribution in [0.1, 0.15) is 31.2 Å². The van der Waals surface area contributed by atoms with E-state index in [1.54, 1.807) is 21.3 Å². The van der Waals surface area contributed by atoms with Crippen molar-refractivity contribution in [1.82, 2.24) is 10.6 Å². The Hall–Kier alpha value is -1.95. The monoisotopic (exact) mass is 335 g/mol. The van der Waals surface area contributed by atoms with Gasteiger partial charge in [0.05, 0.1) is 19.8 Å². The van der Waals surface area contributed by atoms with Gasteiger partial charge in [-0.25, -0.2) is 0 Å². The van der Waals surface area contributed by atoms with Crippen molar-refractivity contribution in [3.8, 4) is 11.5 Å². The fourth-order valence-corrected chi connectivity index (χ4v) is 2.77. The van der Waals surface area contributed by atoms with Crippen LogP contribution >= 0.6 is 0 Å². The van der Waals surface area contributed by atoms with Crippen LogP contribution in [0.3, 0.4) is 0 Å². The van der Waals surface area contributed by atoms with Crippen LogP contribution in [0.2, 0.25) is 0 Å². The van der Waals surface area contributed by atoms with E-state index in [2.05, 4.69) is 15.6 Å². The first-order valence-corrected chi connectivity index (χ1v) is 8.54. The van der Waals surface area contributed by atoms with E-state index in [0.29, 0.717) is 25.8 Å². The molecule has 0 radical (unpaired) electrons. The number of rotatable bonds is 8. The van der Waals surface area contributed by atoms with E-state index in [1.165, 1.54) is 12.8 Å². The summed E-state index contributed by atoms with van der Waals surface area (Å²) in [5.41, 5.74) is 1.09. The molecule has 0 bridgehead atoms. The fraction of sp³-hybridized carbons (Fsp3) is 0.611. The molecule has 0 aromatic heterocycles. The molecule has 134 valence electrons. The Kier molecular flexibility index (Phi) is 7.68. The Morgan fingerprint density at radius 2 is 2.00 bits per heavy atom. The van der Waals surface area contributed by atoms with Crippen molar-refractivity contribution >= 4 is 5.96 Å². The molecule has 0 amide bonds. The van der Waals surface area contributed by atoms with E-state index in [9.17, 15) is 0 Å². The van der Waals surface area contributed by atoms with Gasteiger partial charge in [0.15, 0.2) is 5.96 Å². The van der Waals surface area contributed by atoms with Crippen molar-refractivity contribution in [3.05, 3.63) is 23.8 Å². The lowest BCUT2D eigenvalue weighted by atomic mass is 10.2. The predicted molar refractivity (Wildman–Crippen MR) is 96.0 cm³/mol. The lowest BCUT2D eigenvalue weighted by Crippen LogP contribution is -2.38. The number of hydrogen-bond donors (Lipinski definition) is 2. The maximum Gasteiger partial charge on any atom is 0.191 e. The molecular weight excluding hydrogens is 306 g/mol. The standard InChI is InChI=1S/C18H29N3O3/c1-19-18(20-10-11-22-2)21-13-14-8-9-16(23-3)12-17(14)24-15-6-4-5-7-15/h8-9,12,15H,4-7,10-11,13H2,1-3H3,(H2,19,20,21). The number of nitrogens with one attached hydrogen (secondary N) is 2. The minimum atomic E-state index is 0.315. The molecule has 0 unspecified atom stereocenters. The fourth-order valence-electron chi connectivity index (χ4n) is 2.77. The van der Waals surface area contributed by atoms with Gasteiger partial charge in [-0.05, 0) is 37.8 Å². The number of ether oxygens (including phenoxy) is 3. The molecule has 1 aromatic rings. The van der Waals surface area contributed by atoms with Gasteiger partial charge in [-0.15, -0.1) is 0 Å². The second kappa shape index (κ2) is 10.0. The minimum absolute atomic E-state index is 0.315. The molecule has 1 aliphatic rings. The second-order valence-corrected chi connectivity index (χ2v) is 5.84. The van der Waals surface area contributed by atoms with E-state index in [4.69, 9.17) is 14.2 Å². The Morgan fingerprint density at radius 1 is 1.21 bits per heavy atom. The van der Waals surface area contributed by atoms with E-state index in [0.717, 1.165) is 35.9 Å². The van der Waals surface area contributed by atoms with E-state index >= 15 is 0 Å². The van der Waals surface area contributed by atoms with E-state index in [-0.39, 0.29) is 0 Å². The van der Waals surface area contributed by atoms with Crippen molar-refractivity contribution in [2.24, 2.45) is 4.99 Å². The quantitative estimate of drug-likeness (QED) is 0.434. The summed E-state index contributed by atoms with van der Waals surface area (Å²) in [5.74, 6) is 2.45. The van der Waals surface area contributed by atoms with Gasteiger partial charge in [-0.1, -0.05) is 0 Å². The molecule has 2 N–H and O–H groups in total. The zero-order valence-electron chi connectivity index (χ0n) is 14.9. The zero-order valence-corrected chi connectivity index (χ0v) is 14.9. The van der Waals surface area contributed by atoms with Crippen molar-refractivity contribution in [3.63, 3.8) is 0 Å². The number of methoxy groups -OCH3 is 2. The molecule has 6 nitrogen and oxygen atoms in total. The molecule has 0 saturated heterocycles. The summed E-state index contributed by atoms with van der Waals surface area (Å²) < 4.78 is 16.6. The molecule has 1 aromatic carbocycles. The third-order valence-corrected chi connectivity index (χ3v) is 4.14. The molecule has 1 fully saturated rings. The van der Waals surface area contributed by atoms with Crippen LogP contribution in [0.15, 0.2) is 23.2 Å². The van der Waals surface area contributed by atoms with E-state index in [1.807, 2.05) is 18.2 Å². The summed E-state index contributed by atoms with van der Waals surface area (Å²) >= 11 is 0. The van der Waals surface area contributed by atoms with Gasteiger partial charge in [-0.2, -0.15) is 0 Å². The second-order valence-electron chi connectivity index (χ2n) is 5.84. The number of aliphatic imine (C=N–C) groups is 1. The molecular formula is C18H29N3O3. The third-order valence-electron chi connectivity index (χ3n) is 4.14. The molecule has 24 heavy (non-hydrogen) atoms. The first-order valence-electron chi connectivity index (χ1n) is 8.54. The summed E-state index contributed by atoms with van der Waals surface area (Å²) in [6.07, 6.45) is 5.07. The number of guanidine groups is 1. The highest BCUT2D eigenvalue weighted by Crippen LogP contribution is 2.29. The molecule has 0 atom stereocenters. The van der Waals surface area contributed by atoms with Crippen LogP contribution < -0.4 is 20.1 Å². The molecule has 0 aliphatic heterocycles. The maximum atomic E-state index is 6.21. The summed E-state index contributed by atoms with van der Waals surface area (Å²) in [6.45, 7) is 1.99. The first kappa shape index (κ1) is 18.4. The molecule has 2 rings (SSSR count). The number of nitrogens with zero attached hydrogens (tertiary/aromatic N) is 1. The van der Waals surface area contributed by atoms with Crippen molar-refractivity contribution in [1.29, 1.82) is 0 Å². The van der Waals surface area contributed by atoms with Gasteiger partial charge >= 0.3 is 0 Å². The topological polar surface area (TPSA) is 64.1 Å². The first-order chi connectivity index (χ1) is 11.8. The SMILES string of the molecule is CN=C(NCCOC)NCc1ccc(OC)cc1OC1CCCC1. The van der Waals surface area contributed by atoms with Crippen LogP contribution in [-0.2, 0) is 11.3 Å². The zero-order chi connectivity index (χ0) is 17.2. The van der Waals surface area contributed by atoms with Gasteiger partial charge in [-0.3, -0.25) is 4.99 Å². The molecule has 6 heteroatoms.